The van der Waals surface area contributed by atoms with Crippen molar-refractivity contribution in [2.45, 2.75) is 40.0 Å². The van der Waals surface area contributed by atoms with E-state index in [1.807, 2.05) is 0 Å². The summed E-state index contributed by atoms with van der Waals surface area (Å²) in [4.78, 5) is 0. The molecule has 0 radical (unpaired) electrons. The van der Waals surface area contributed by atoms with Gasteiger partial charge in [0.2, 0.25) is 0 Å². The highest BCUT2D eigenvalue weighted by atomic mass is 31.1. The van der Waals surface area contributed by atoms with Crippen LogP contribution in [0.4, 0.5) is 0 Å². The zero-order valence-corrected chi connectivity index (χ0v) is 9.03. The van der Waals surface area contributed by atoms with Crippen molar-refractivity contribution in [2.24, 2.45) is 0 Å². The fourth-order valence-corrected chi connectivity index (χ4v) is 3.27. The Morgan fingerprint density at radius 1 is 1.00 bits per heavy atom. The Kier molecular flexibility index (Phi) is 8.40. The second-order valence-electron chi connectivity index (χ2n) is 2.83. The van der Waals surface area contributed by atoms with Crippen molar-refractivity contribution in [3.05, 3.63) is 11.9 Å². The molecule has 0 N–H and O–H groups in total. The Bertz CT molecular complexity index is 91.0. The highest BCUT2D eigenvalue weighted by Crippen LogP contribution is 2.38. The Labute approximate surface area is 72.8 Å². The molecule has 0 fully saturated rings. The molecule has 0 spiro atoms. The molecule has 0 amide bonds. The maximum absolute atomic E-state index is 2.46. The third kappa shape index (κ3) is 6.56. The lowest BCUT2D eigenvalue weighted by Crippen LogP contribution is -1.84. The molecule has 0 aromatic rings. The van der Waals surface area contributed by atoms with Gasteiger partial charge in [-0.1, -0.05) is 53.4 Å². The molecule has 0 aliphatic carbocycles. The van der Waals surface area contributed by atoms with Crippen molar-refractivity contribution in [1.29, 1.82) is 0 Å². The molecule has 0 nitrogen and oxygen atoms in total. The van der Waals surface area contributed by atoms with Crippen molar-refractivity contribution in [3.8, 4) is 0 Å². The van der Waals surface area contributed by atoms with Gasteiger partial charge in [0.15, 0.2) is 0 Å². The first-order chi connectivity index (χ1) is 5.35. The normalized spacial score (nSPS) is 11.6. The van der Waals surface area contributed by atoms with Gasteiger partial charge in [-0.15, -0.1) is 0 Å². The van der Waals surface area contributed by atoms with Crippen molar-refractivity contribution in [3.63, 3.8) is 0 Å². The molecule has 0 aromatic heterocycles. The Morgan fingerprint density at radius 2 is 1.55 bits per heavy atom. The fraction of sp³-hybridized carbons (Fsp3) is 0.800. The molecule has 1 heteroatoms. The smallest absolute Gasteiger partial charge is 0.0294 e. The molecule has 0 aliphatic heterocycles. The summed E-state index contributed by atoms with van der Waals surface area (Å²) in [7, 11) is 0.253. The highest BCUT2D eigenvalue weighted by Gasteiger charge is 1.98. The first-order valence-corrected chi connectivity index (χ1v) is 6.53. The molecule has 0 saturated carbocycles. The van der Waals surface area contributed by atoms with Crippen molar-refractivity contribution >= 4 is 7.92 Å². The summed E-state index contributed by atoms with van der Waals surface area (Å²) in [6.07, 6.45) is 9.09. The van der Waals surface area contributed by atoms with Crippen LogP contribution in [0.15, 0.2) is 11.9 Å². The van der Waals surface area contributed by atoms with Gasteiger partial charge in [-0.3, -0.25) is 0 Å². The molecular formula is C10H21P. The fourth-order valence-electron chi connectivity index (χ4n) is 1.09. The van der Waals surface area contributed by atoms with Crippen molar-refractivity contribution in [1.82, 2.24) is 0 Å². The van der Waals surface area contributed by atoms with Crippen LogP contribution in [0.25, 0.3) is 0 Å². The Balaban J connectivity index is 3.58. The van der Waals surface area contributed by atoms with Crippen LogP contribution in [0.5, 0.6) is 0 Å². The first-order valence-electron chi connectivity index (χ1n) is 4.75. The summed E-state index contributed by atoms with van der Waals surface area (Å²) in [5.41, 5.74) is 0. The molecule has 0 rings (SSSR count). The molecular weight excluding hydrogens is 151 g/mol. The van der Waals surface area contributed by atoms with Crippen molar-refractivity contribution in [2.75, 3.05) is 12.3 Å². The zero-order chi connectivity index (χ0) is 8.53. The highest BCUT2D eigenvalue weighted by molar-refractivity contribution is 7.60. The van der Waals surface area contributed by atoms with Gasteiger partial charge in [0.25, 0.3) is 0 Å². The summed E-state index contributed by atoms with van der Waals surface area (Å²) in [6.45, 7) is 6.78. The van der Waals surface area contributed by atoms with E-state index in [4.69, 9.17) is 0 Å². The quantitative estimate of drug-likeness (QED) is 0.526. The van der Waals surface area contributed by atoms with Gasteiger partial charge in [-0.25, -0.2) is 0 Å². The van der Waals surface area contributed by atoms with Crippen LogP contribution in [0.2, 0.25) is 0 Å². The minimum absolute atomic E-state index is 0.253. The number of hydrogen-bond acceptors (Lipinski definition) is 0. The topological polar surface area (TPSA) is 0 Å². The van der Waals surface area contributed by atoms with Gasteiger partial charge in [0.05, 0.1) is 0 Å². The van der Waals surface area contributed by atoms with E-state index in [2.05, 4.69) is 32.7 Å². The third-order valence-electron chi connectivity index (χ3n) is 1.57. The second-order valence-corrected chi connectivity index (χ2v) is 5.20. The Hall–Kier alpha value is 0.170. The molecule has 0 aromatic carbocycles. The van der Waals surface area contributed by atoms with E-state index in [9.17, 15) is 0 Å². The summed E-state index contributed by atoms with van der Waals surface area (Å²) in [5.74, 6) is 2.46. The minimum atomic E-state index is 0.253. The zero-order valence-electron chi connectivity index (χ0n) is 8.14. The van der Waals surface area contributed by atoms with E-state index >= 15 is 0 Å². The van der Waals surface area contributed by atoms with Crippen LogP contribution < -0.4 is 0 Å². The molecule has 11 heavy (non-hydrogen) atoms. The standard InChI is InChI=1S/C10H21P/c1-4-7-10-11(8-5-2)9-6-3/h7,10H,4-6,8-9H2,1-3H3. The SMILES string of the molecule is CCC=CP(CCC)CCC. The summed E-state index contributed by atoms with van der Waals surface area (Å²) in [6, 6.07) is 0. The lowest BCUT2D eigenvalue weighted by molar-refractivity contribution is 1.06. The van der Waals surface area contributed by atoms with Crippen LogP contribution >= 0.6 is 7.92 Å². The lowest BCUT2D eigenvalue weighted by Gasteiger charge is -2.09. The van der Waals surface area contributed by atoms with E-state index in [1.54, 1.807) is 0 Å². The first kappa shape index (κ1) is 11.2. The largest absolute Gasteiger partial charge is 0.0843 e. The van der Waals surface area contributed by atoms with Gasteiger partial charge in [-0.05, 0) is 18.7 Å². The van der Waals surface area contributed by atoms with E-state index in [0.717, 1.165) is 0 Å². The van der Waals surface area contributed by atoms with Gasteiger partial charge >= 0.3 is 0 Å². The van der Waals surface area contributed by atoms with Crippen molar-refractivity contribution < 1.29 is 0 Å². The summed E-state index contributed by atoms with van der Waals surface area (Å²) in [5, 5.41) is 0. The summed E-state index contributed by atoms with van der Waals surface area (Å²) >= 11 is 0. The lowest BCUT2D eigenvalue weighted by atomic mass is 10.5. The van der Waals surface area contributed by atoms with E-state index in [1.165, 1.54) is 31.6 Å². The monoisotopic (exact) mass is 172 g/mol. The van der Waals surface area contributed by atoms with E-state index in [-0.39, 0.29) is 7.92 Å². The number of allylic oxidation sites excluding steroid dienone is 1. The summed E-state index contributed by atoms with van der Waals surface area (Å²) < 4.78 is 0. The van der Waals surface area contributed by atoms with Crippen LogP contribution in [0, 0.1) is 0 Å². The molecule has 0 bridgehead atoms. The van der Waals surface area contributed by atoms with Gasteiger partial charge < -0.3 is 0 Å². The van der Waals surface area contributed by atoms with Crippen LogP contribution in [0.3, 0.4) is 0 Å². The maximum atomic E-state index is 2.46. The van der Waals surface area contributed by atoms with Crippen LogP contribution in [-0.2, 0) is 0 Å². The predicted molar refractivity (Wildman–Crippen MR) is 56.7 cm³/mol. The molecule has 0 heterocycles. The molecule has 66 valence electrons. The van der Waals surface area contributed by atoms with E-state index in [0.29, 0.717) is 0 Å². The number of rotatable bonds is 6. The van der Waals surface area contributed by atoms with Gasteiger partial charge in [-0.2, -0.15) is 0 Å². The number of hydrogen-bond donors (Lipinski definition) is 0. The van der Waals surface area contributed by atoms with Crippen LogP contribution in [-0.4, -0.2) is 12.3 Å². The van der Waals surface area contributed by atoms with E-state index < -0.39 is 0 Å². The van der Waals surface area contributed by atoms with Gasteiger partial charge in [0.1, 0.15) is 0 Å². The minimum Gasteiger partial charge on any atom is -0.0843 e. The average Bonchev–Trinajstić information content (AvgIpc) is 2.01. The third-order valence-corrected chi connectivity index (χ3v) is 4.25. The Morgan fingerprint density at radius 3 is 1.91 bits per heavy atom. The van der Waals surface area contributed by atoms with Gasteiger partial charge in [0, 0.05) is 0 Å². The molecule has 0 atom stereocenters. The molecule has 0 unspecified atom stereocenters. The van der Waals surface area contributed by atoms with Crippen LogP contribution in [0.1, 0.15) is 40.0 Å². The maximum Gasteiger partial charge on any atom is -0.0294 e. The molecule has 0 aliphatic rings. The second kappa shape index (κ2) is 8.27. The molecule has 0 saturated heterocycles. The average molecular weight is 172 g/mol. The predicted octanol–water partition coefficient (Wildman–Crippen LogP) is 4.21.